The Morgan fingerprint density at radius 1 is 0.952 bits per heavy atom. The lowest BCUT2D eigenvalue weighted by Crippen LogP contribution is -2.07. The molecule has 0 atom stereocenters. The minimum absolute atomic E-state index is 0.0119. The maximum Gasteiger partial charge on any atom is 0.335 e. The van der Waals surface area contributed by atoms with Crippen LogP contribution in [0.5, 0.6) is 0 Å². The molecule has 0 spiro atoms. The summed E-state index contributed by atoms with van der Waals surface area (Å²) in [4.78, 5) is 11.2. The SMILES string of the molecule is Nc1ccc2c(c1)C=Cc1ccc(C(=O)O)cc1S2(=O)=O. The van der Waals surface area contributed by atoms with Gasteiger partial charge in [-0.1, -0.05) is 18.2 Å². The van der Waals surface area contributed by atoms with Crippen LogP contribution in [-0.4, -0.2) is 19.5 Å². The second-order valence-electron chi connectivity index (χ2n) is 4.69. The van der Waals surface area contributed by atoms with Crippen molar-refractivity contribution in [3.8, 4) is 0 Å². The van der Waals surface area contributed by atoms with Crippen LogP contribution in [0.3, 0.4) is 0 Å². The molecule has 1 aliphatic rings. The van der Waals surface area contributed by atoms with Gasteiger partial charge in [0, 0.05) is 5.69 Å². The van der Waals surface area contributed by atoms with Gasteiger partial charge in [-0.15, -0.1) is 0 Å². The molecule has 1 heterocycles. The Balaban J connectivity index is 2.34. The number of carboxylic acid groups (broad SMARTS) is 1. The van der Waals surface area contributed by atoms with Crippen LogP contribution < -0.4 is 5.73 Å². The van der Waals surface area contributed by atoms with Crippen molar-refractivity contribution in [3.05, 3.63) is 53.1 Å². The predicted molar refractivity (Wildman–Crippen MR) is 78.6 cm³/mol. The zero-order valence-corrected chi connectivity index (χ0v) is 11.6. The summed E-state index contributed by atoms with van der Waals surface area (Å²) >= 11 is 0. The van der Waals surface area contributed by atoms with Crippen LogP contribution in [0.1, 0.15) is 21.5 Å². The van der Waals surface area contributed by atoms with Gasteiger partial charge in [0.2, 0.25) is 9.84 Å². The molecule has 0 saturated carbocycles. The van der Waals surface area contributed by atoms with Gasteiger partial charge in [0.1, 0.15) is 0 Å². The molecule has 3 N–H and O–H groups in total. The average molecular weight is 301 g/mol. The first kappa shape index (κ1) is 13.4. The fraction of sp³-hybridized carbons (Fsp3) is 0. The number of hydrogen-bond donors (Lipinski definition) is 2. The summed E-state index contributed by atoms with van der Waals surface area (Å²) < 4.78 is 25.5. The lowest BCUT2D eigenvalue weighted by molar-refractivity contribution is 0.0696. The van der Waals surface area contributed by atoms with Gasteiger partial charge in [-0.3, -0.25) is 0 Å². The van der Waals surface area contributed by atoms with Crippen molar-refractivity contribution in [2.75, 3.05) is 5.73 Å². The second kappa shape index (κ2) is 4.46. The third kappa shape index (κ3) is 2.09. The molecular formula is C15H11NO4S. The third-order valence-corrected chi connectivity index (χ3v) is 5.20. The molecular weight excluding hydrogens is 290 g/mol. The highest BCUT2D eigenvalue weighted by Crippen LogP contribution is 2.33. The Morgan fingerprint density at radius 2 is 1.67 bits per heavy atom. The summed E-state index contributed by atoms with van der Waals surface area (Å²) in [7, 11) is -3.79. The monoisotopic (exact) mass is 301 g/mol. The normalized spacial score (nSPS) is 14.9. The van der Waals surface area contributed by atoms with Gasteiger partial charge in [-0.05, 0) is 41.5 Å². The number of benzene rings is 2. The zero-order chi connectivity index (χ0) is 15.2. The van der Waals surface area contributed by atoms with Gasteiger partial charge in [0.25, 0.3) is 0 Å². The molecule has 3 rings (SSSR count). The molecule has 0 unspecified atom stereocenters. The molecule has 0 aliphatic carbocycles. The number of carboxylic acids is 1. The minimum Gasteiger partial charge on any atom is -0.478 e. The molecule has 5 nitrogen and oxygen atoms in total. The van der Waals surface area contributed by atoms with Crippen LogP contribution in [0.2, 0.25) is 0 Å². The third-order valence-electron chi connectivity index (χ3n) is 3.32. The van der Waals surface area contributed by atoms with Crippen LogP contribution >= 0.6 is 0 Å². The van der Waals surface area contributed by atoms with Crippen molar-refractivity contribution < 1.29 is 18.3 Å². The molecule has 0 radical (unpaired) electrons. The fourth-order valence-electron chi connectivity index (χ4n) is 2.28. The highest BCUT2D eigenvalue weighted by molar-refractivity contribution is 7.91. The van der Waals surface area contributed by atoms with Gasteiger partial charge in [0.15, 0.2) is 0 Å². The van der Waals surface area contributed by atoms with Crippen molar-refractivity contribution in [1.29, 1.82) is 0 Å². The highest BCUT2D eigenvalue weighted by atomic mass is 32.2. The minimum atomic E-state index is -3.79. The molecule has 2 aromatic carbocycles. The van der Waals surface area contributed by atoms with Gasteiger partial charge in [0.05, 0.1) is 15.4 Å². The smallest absolute Gasteiger partial charge is 0.335 e. The first-order chi connectivity index (χ1) is 9.89. The van der Waals surface area contributed by atoms with E-state index in [1.54, 1.807) is 18.2 Å². The lowest BCUT2D eigenvalue weighted by Gasteiger charge is -2.09. The molecule has 2 aromatic rings. The Bertz CT molecular complexity index is 898. The Morgan fingerprint density at radius 3 is 2.38 bits per heavy atom. The summed E-state index contributed by atoms with van der Waals surface area (Å²) in [6, 6.07) is 8.58. The lowest BCUT2D eigenvalue weighted by atomic mass is 10.1. The van der Waals surface area contributed by atoms with E-state index in [4.69, 9.17) is 10.8 Å². The summed E-state index contributed by atoms with van der Waals surface area (Å²) in [6.45, 7) is 0. The molecule has 0 fully saturated rings. The number of hydrogen-bond acceptors (Lipinski definition) is 4. The topological polar surface area (TPSA) is 97.5 Å². The first-order valence-corrected chi connectivity index (χ1v) is 7.58. The van der Waals surface area contributed by atoms with Gasteiger partial charge >= 0.3 is 5.97 Å². The summed E-state index contributed by atoms with van der Waals surface area (Å²) in [6.07, 6.45) is 3.30. The van der Waals surface area contributed by atoms with Gasteiger partial charge in [-0.25, -0.2) is 13.2 Å². The van der Waals surface area contributed by atoms with Crippen molar-refractivity contribution in [2.45, 2.75) is 9.79 Å². The quantitative estimate of drug-likeness (QED) is 0.672. The summed E-state index contributed by atoms with van der Waals surface area (Å²) in [5.74, 6) is -1.17. The van der Waals surface area contributed by atoms with Crippen LogP contribution in [-0.2, 0) is 9.84 Å². The van der Waals surface area contributed by atoms with E-state index in [0.717, 1.165) is 0 Å². The second-order valence-corrected chi connectivity index (χ2v) is 6.58. The van der Waals surface area contributed by atoms with Crippen LogP contribution in [0, 0.1) is 0 Å². The number of sulfone groups is 1. The van der Waals surface area contributed by atoms with E-state index in [2.05, 4.69) is 0 Å². The number of rotatable bonds is 1. The largest absolute Gasteiger partial charge is 0.478 e. The van der Waals surface area contributed by atoms with Crippen molar-refractivity contribution >= 4 is 33.6 Å². The van der Waals surface area contributed by atoms with E-state index in [1.165, 1.54) is 30.3 Å². The molecule has 0 bridgehead atoms. The van der Waals surface area contributed by atoms with Crippen molar-refractivity contribution in [1.82, 2.24) is 0 Å². The Kier molecular flexibility index (Phi) is 2.84. The Labute approximate surface area is 121 Å². The molecule has 0 amide bonds. The van der Waals surface area contributed by atoms with E-state index in [9.17, 15) is 13.2 Å². The number of anilines is 1. The van der Waals surface area contributed by atoms with E-state index < -0.39 is 15.8 Å². The van der Waals surface area contributed by atoms with Crippen LogP contribution in [0.15, 0.2) is 46.2 Å². The predicted octanol–water partition coefficient (Wildman–Crippen LogP) is 2.28. The number of nitrogens with two attached hydrogens (primary N) is 1. The van der Waals surface area contributed by atoms with E-state index in [-0.39, 0.29) is 15.4 Å². The van der Waals surface area contributed by atoms with E-state index in [1.807, 2.05) is 0 Å². The maximum atomic E-state index is 12.7. The molecule has 6 heteroatoms. The van der Waals surface area contributed by atoms with Gasteiger partial charge in [-0.2, -0.15) is 0 Å². The van der Waals surface area contributed by atoms with Crippen molar-refractivity contribution in [2.24, 2.45) is 0 Å². The molecule has 106 valence electrons. The molecule has 1 aliphatic heterocycles. The van der Waals surface area contributed by atoms with Gasteiger partial charge < -0.3 is 10.8 Å². The summed E-state index contributed by atoms with van der Waals surface area (Å²) in [5, 5.41) is 9.03. The maximum absolute atomic E-state index is 12.7. The summed E-state index contributed by atoms with van der Waals surface area (Å²) in [5.41, 5.74) is 7.02. The van der Waals surface area contributed by atoms with Crippen molar-refractivity contribution in [3.63, 3.8) is 0 Å². The average Bonchev–Trinajstić information content (AvgIpc) is 2.54. The van der Waals surface area contributed by atoms with Crippen LogP contribution in [0.25, 0.3) is 12.2 Å². The first-order valence-electron chi connectivity index (χ1n) is 6.09. The molecule has 0 saturated heterocycles. The molecule has 0 aromatic heterocycles. The molecule has 21 heavy (non-hydrogen) atoms. The number of fused-ring (bicyclic) bond motifs is 2. The zero-order valence-electron chi connectivity index (χ0n) is 10.8. The standard InChI is InChI=1S/C15H11NO4S/c16-12-5-6-13-10(7-12)3-1-9-2-4-11(15(17)18)8-14(9)21(13,19)20/h1-8H,16H2,(H,17,18). The fourth-order valence-corrected chi connectivity index (χ4v) is 3.93. The number of nitrogen functional groups attached to an aromatic ring is 1. The Hall–Kier alpha value is -2.60. The van der Waals surface area contributed by atoms with E-state index >= 15 is 0 Å². The van der Waals surface area contributed by atoms with E-state index in [0.29, 0.717) is 16.8 Å². The number of carbonyl (C=O) groups is 1. The number of aromatic carboxylic acids is 1. The van der Waals surface area contributed by atoms with Crippen LogP contribution in [0.4, 0.5) is 5.69 Å². The highest BCUT2D eigenvalue weighted by Gasteiger charge is 2.26.